The Morgan fingerprint density at radius 2 is 1.76 bits per heavy atom. The van der Waals surface area contributed by atoms with Gasteiger partial charge < -0.3 is 28.9 Å². The second-order valence-electron chi connectivity index (χ2n) is 7.79. The van der Waals surface area contributed by atoms with E-state index in [0.29, 0.717) is 28.6 Å². The van der Waals surface area contributed by atoms with Crippen molar-refractivity contribution in [3.63, 3.8) is 0 Å². The van der Waals surface area contributed by atoms with Crippen LogP contribution in [0.2, 0.25) is 0 Å². The number of nitrogens with one attached hydrogen (secondary N) is 2. The molecule has 2 aromatic heterocycles. The van der Waals surface area contributed by atoms with Gasteiger partial charge in [0.25, 0.3) is 5.91 Å². The molecule has 1 amide bonds. The van der Waals surface area contributed by atoms with Crippen LogP contribution in [0.15, 0.2) is 59.0 Å². The zero-order valence-corrected chi connectivity index (χ0v) is 19.4. The highest BCUT2D eigenvalue weighted by molar-refractivity contribution is 5.98. The average molecular weight is 463 g/mol. The summed E-state index contributed by atoms with van der Waals surface area (Å²) in [6.45, 7) is 1.70. The molecule has 34 heavy (non-hydrogen) atoms. The number of rotatable bonds is 8. The van der Waals surface area contributed by atoms with Gasteiger partial charge in [0.1, 0.15) is 17.6 Å². The molecule has 2 N–H and O–H groups in total. The van der Waals surface area contributed by atoms with Crippen LogP contribution in [-0.2, 0) is 16.0 Å². The highest BCUT2D eigenvalue weighted by Gasteiger charge is 2.26. The Bertz CT molecular complexity index is 1300. The van der Waals surface area contributed by atoms with Crippen LogP contribution < -0.4 is 14.8 Å². The van der Waals surface area contributed by atoms with Crippen molar-refractivity contribution in [3.8, 4) is 22.8 Å². The molecule has 0 saturated carbocycles. The number of furan rings is 1. The molecule has 1 unspecified atom stereocenters. The van der Waals surface area contributed by atoms with Gasteiger partial charge in [-0.2, -0.15) is 0 Å². The third-order valence-corrected chi connectivity index (χ3v) is 5.63. The fraction of sp³-hybridized carbons (Fsp3) is 0.231. The van der Waals surface area contributed by atoms with E-state index in [9.17, 15) is 9.59 Å². The van der Waals surface area contributed by atoms with Crippen LogP contribution in [0.25, 0.3) is 22.2 Å². The van der Waals surface area contributed by atoms with E-state index in [4.69, 9.17) is 18.6 Å². The van der Waals surface area contributed by atoms with Gasteiger partial charge in [-0.1, -0.05) is 18.2 Å². The predicted molar refractivity (Wildman–Crippen MR) is 127 cm³/mol. The molecule has 1 atom stereocenters. The monoisotopic (exact) mass is 462 g/mol. The van der Waals surface area contributed by atoms with Crippen molar-refractivity contribution in [1.82, 2.24) is 10.3 Å². The van der Waals surface area contributed by atoms with E-state index in [-0.39, 0.29) is 6.42 Å². The van der Waals surface area contributed by atoms with E-state index in [1.54, 1.807) is 39.3 Å². The summed E-state index contributed by atoms with van der Waals surface area (Å²) < 4.78 is 21.4. The molecule has 0 aliphatic heterocycles. The number of methoxy groups -OCH3 is 3. The normalized spacial score (nSPS) is 11.8. The highest BCUT2D eigenvalue weighted by Crippen LogP contribution is 2.34. The van der Waals surface area contributed by atoms with Crippen LogP contribution in [0, 0.1) is 6.92 Å². The van der Waals surface area contributed by atoms with E-state index in [0.717, 1.165) is 22.2 Å². The number of benzene rings is 2. The number of aryl methyl sites for hydroxylation is 1. The minimum atomic E-state index is -0.871. The number of hydrogen-bond acceptors (Lipinski definition) is 6. The lowest BCUT2D eigenvalue weighted by Gasteiger charge is -2.15. The molecule has 2 heterocycles. The zero-order valence-electron chi connectivity index (χ0n) is 19.4. The van der Waals surface area contributed by atoms with Crippen molar-refractivity contribution in [3.05, 3.63) is 71.6 Å². The Hall–Kier alpha value is -4.20. The summed E-state index contributed by atoms with van der Waals surface area (Å²) in [5.41, 5.74) is 2.82. The number of fused-ring (bicyclic) bond motifs is 1. The van der Waals surface area contributed by atoms with Gasteiger partial charge in [0.2, 0.25) is 0 Å². The Kier molecular flexibility index (Phi) is 6.58. The van der Waals surface area contributed by atoms with Crippen molar-refractivity contribution in [2.75, 3.05) is 21.3 Å². The summed E-state index contributed by atoms with van der Waals surface area (Å²) in [7, 11) is 4.41. The SMILES string of the molecule is COC(=O)C(Cc1cc2ccccc2[nH]1)NC(=O)c1cc(-c2ccc(OC)c(OC)c2)oc1C. The Morgan fingerprint density at radius 1 is 1.00 bits per heavy atom. The molecule has 4 aromatic rings. The van der Waals surface area contributed by atoms with Crippen molar-refractivity contribution in [1.29, 1.82) is 0 Å². The minimum absolute atomic E-state index is 0.256. The smallest absolute Gasteiger partial charge is 0.328 e. The van der Waals surface area contributed by atoms with Crippen molar-refractivity contribution in [2.45, 2.75) is 19.4 Å². The fourth-order valence-corrected chi connectivity index (χ4v) is 3.87. The summed E-state index contributed by atoms with van der Waals surface area (Å²) in [4.78, 5) is 28.8. The molecule has 4 rings (SSSR count). The number of para-hydroxylation sites is 1. The Balaban J connectivity index is 1.56. The van der Waals surface area contributed by atoms with Gasteiger partial charge in [0.15, 0.2) is 11.5 Å². The molecule has 0 bridgehead atoms. The number of H-pyrrole nitrogens is 1. The molecule has 2 aromatic carbocycles. The Labute approximate surface area is 196 Å². The standard InChI is InChI=1S/C26H26N2O6/c1-15-19(14-23(34-15)17-9-10-22(31-2)24(12-17)32-3)25(29)28-21(26(30)33-4)13-18-11-16-7-5-6-8-20(16)27-18/h5-12,14,21,27H,13H2,1-4H3,(H,28,29). The van der Waals surface area contributed by atoms with E-state index >= 15 is 0 Å². The maximum Gasteiger partial charge on any atom is 0.328 e. The molecule has 0 radical (unpaired) electrons. The summed E-state index contributed by atoms with van der Waals surface area (Å²) in [6.07, 6.45) is 0.256. The van der Waals surface area contributed by atoms with Crippen molar-refractivity contribution >= 4 is 22.8 Å². The molecule has 8 nitrogen and oxygen atoms in total. The first-order valence-corrected chi connectivity index (χ1v) is 10.7. The number of amides is 1. The molecule has 0 saturated heterocycles. The van der Waals surface area contributed by atoms with E-state index in [1.807, 2.05) is 36.4 Å². The first kappa shape index (κ1) is 23.0. The molecule has 176 valence electrons. The summed E-state index contributed by atoms with van der Waals surface area (Å²) >= 11 is 0. The lowest BCUT2D eigenvalue weighted by molar-refractivity contribution is -0.142. The molecule has 0 aliphatic rings. The number of esters is 1. The van der Waals surface area contributed by atoms with Crippen LogP contribution in [-0.4, -0.2) is 44.2 Å². The zero-order chi connectivity index (χ0) is 24.2. The van der Waals surface area contributed by atoms with Gasteiger partial charge in [-0.15, -0.1) is 0 Å². The van der Waals surface area contributed by atoms with Crippen LogP contribution >= 0.6 is 0 Å². The van der Waals surface area contributed by atoms with Crippen LogP contribution in [0.4, 0.5) is 0 Å². The third-order valence-electron chi connectivity index (χ3n) is 5.63. The second kappa shape index (κ2) is 9.74. The van der Waals surface area contributed by atoms with Gasteiger partial charge in [-0.25, -0.2) is 4.79 Å². The van der Waals surface area contributed by atoms with Gasteiger partial charge in [-0.05, 0) is 48.7 Å². The lowest BCUT2D eigenvalue weighted by atomic mass is 10.1. The predicted octanol–water partition coefficient (Wildman–Crippen LogP) is 4.27. The number of ether oxygens (including phenoxy) is 3. The summed E-state index contributed by atoms with van der Waals surface area (Å²) in [5, 5.41) is 3.81. The van der Waals surface area contributed by atoms with Crippen LogP contribution in [0.5, 0.6) is 11.5 Å². The van der Waals surface area contributed by atoms with Gasteiger partial charge in [0, 0.05) is 23.2 Å². The molecule has 8 heteroatoms. The third kappa shape index (κ3) is 4.61. The van der Waals surface area contributed by atoms with Crippen LogP contribution in [0.3, 0.4) is 0 Å². The largest absolute Gasteiger partial charge is 0.493 e. The molecule has 0 spiro atoms. The fourth-order valence-electron chi connectivity index (χ4n) is 3.87. The number of hydrogen-bond donors (Lipinski definition) is 2. The Morgan fingerprint density at radius 3 is 2.47 bits per heavy atom. The van der Waals surface area contributed by atoms with E-state index in [1.165, 1.54) is 7.11 Å². The first-order chi connectivity index (χ1) is 16.4. The molecule has 0 fully saturated rings. The van der Waals surface area contributed by atoms with Crippen LogP contribution in [0.1, 0.15) is 21.8 Å². The minimum Gasteiger partial charge on any atom is -0.493 e. The van der Waals surface area contributed by atoms with E-state index in [2.05, 4.69) is 10.3 Å². The number of carbonyl (C=O) groups excluding carboxylic acids is 2. The van der Waals surface area contributed by atoms with E-state index < -0.39 is 17.9 Å². The van der Waals surface area contributed by atoms with Crippen molar-refractivity contribution < 1.29 is 28.2 Å². The topological polar surface area (TPSA) is 103 Å². The maximum absolute atomic E-state index is 13.1. The quantitative estimate of drug-likeness (QED) is 0.379. The maximum atomic E-state index is 13.1. The lowest BCUT2D eigenvalue weighted by Crippen LogP contribution is -2.43. The first-order valence-electron chi connectivity index (χ1n) is 10.7. The number of aromatic nitrogens is 1. The number of aromatic amines is 1. The number of carbonyl (C=O) groups is 2. The molecule has 0 aliphatic carbocycles. The van der Waals surface area contributed by atoms with Crippen molar-refractivity contribution in [2.24, 2.45) is 0 Å². The van der Waals surface area contributed by atoms with Gasteiger partial charge >= 0.3 is 5.97 Å². The molecular formula is C26H26N2O6. The summed E-state index contributed by atoms with van der Waals surface area (Å²) in [6, 6.07) is 15.9. The van der Waals surface area contributed by atoms with Gasteiger partial charge in [-0.3, -0.25) is 4.79 Å². The second-order valence-corrected chi connectivity index (χ2v) is 7.79. The average Bonchev–Trinajstić information content (AvgIpc) is 3.45. The highest BCUT2D eigenvalue weighted by atomic mass is 16.5. The summed E-state index contributed by atoms with van der Waals surface area (Å²) in [5.74, 6) is 1.09. The molecular weight excluding hydrogens is 436 g/mol. The van der Waals surface area contributed by atoms with Gasteiger partial charge in [0.05, 0.1) is 26.9 Å².